The van der Waals surface area contributed by atoms with Crippen molar-refractivity contribution in [2.24, 2.45) is 11.1 Å². The fraction of sp³-hybridized carbons (Fsp3) is 0.562. The zero-order valence-electron chi connectivity index (χ0n) is 12.6. The van der Waals surface area contributed by atoms with Crippen molar-refractivity contribution in [3.05, 3.63) is 35.6 Å². The first kappa shape index (κ1) is 16.6. The smallest absolute Gasteiger partial charge is 0.220 e. The molecule has 0 saturated carbocycles. The van der Waals surface area contributed by atoms with Gasteiger partial charge in [-0.25, -0.2) is 4.39 Å². The fourth-order valence-electron chi connectivity index (χ4n) is 2.19. The maximum atomic E-state index is 13.6. The second kappa shape index (κ2) is 7.39. The summed E-state index contributed by atoms with van der Waals surface area (Å²) < 4.78 is 13.6. The normalized spacial score (nSPS) is 13.1. The molecule has 0 aliphatic heterocycles. The van der Waals surface area contributed by atoms with Gasteiger partial charge in [0, 0.05) is 12.0 Å². The van der Waals surface area contributed by atoms with E-state index in [1.165, 1.54) is 6.07 Å². The lowest BCUT2D eigenvalue weighted by molar-refractivity contribution is -0.122. The van der Waals surface area contributed by atoms with Crippen LogP contribution >= 0.6 is 0 Å². The number of carbonyl (C=O) groups excluding carboxylic acids is 1. The van der Waals surface area contributed by atoms with Crippen LogP contribution in [0.4, 0.5) is 4.39 Å². The van der Waals surface area contributed by atoms with Crippen molar-refractivity contribution in [3.63, 3.8) is 0 Å². The molecule has 112 valence electrons. The Morgan fingerprint density at radius 1 is 1.35 bits per heavy atom. The van der Waals surface area contributed by atoms with Gasteiger partial charge in [-0.15, -0.1) is 0 Å². The summed E-state index contributed by atoms with van der Waals surface area (Å²) in [6.07, 6.45) is 2.11. The van der Waals surface area contributed by atoms with Crippen molar-refractivity contribution in [2.75, 3.05) is 6.54 Å². The molecule has 1 atom stereocenters. The Morgan fingerprint density at radius 2 is 2.00 bits per heavy atom. The first-order chi connectivity index (χ1) is 9.35. The molecule has 4 heteroatoms. The van der Waals surface area contributed by atoms with Crippen molar-refractivity contribution < 1.29 is 9.18 Å². The van der Waals surface area contributed by atoms with Crippen LogP contribution in [0.5, 0.6) is 0 Å². The third-order valence-electron chi connectivity index (χ3n) is 3.60. The molecule has 1 unspecified atom stereocenters. The lowest BCUT2D eigenvalue weighted by Crippen LogP contribution is -2.28. The predicted octanol–water partition coefficient (Wildman–Crippen LogP) is 3.16. The summed E-state index contributed by atoms with van der Waals surface area (Å²) in [5, 5.41) is 2.84. The minimum atomic E-state index is -0.318. The predicted molar refractivity (Wildman–Crippen MR) is 79.6 cm³/mol. The molecule has 0 radical (unpaired) electrons. The van der Waals surface area contributed by atoms with Crippen LogP contribution < -0.4 is 11.1 Å². The standard InChI is InChI=1S/C16H25FN2O/c1-12(13-6-4-5-7-14(13)17)19-15(20)8-9-16(2,3)10-11-18/h4-7,12H,8-11,18H2,1-3H3,(H,19,20). The Bertz CT molecular complexity index is 446. The van der Waals surface area contributed by atoms with E-state index in [2.05, 4.69) is 19.2 Å². The van der Waals surface area contributed by atoms with Gasteiger partial charge < -0.3 is 11.1 Å². The molecule has 0 saturated heterocycles. The van der Waals surface area contributed by atoms with Gasteiger partial charge >= 0.3 is 0 Å². The number of carbonyl (C=O) groups is 1. The van der Waals surface area contributed by atoms with Gasteiger partial charge in [-0.3, -0.25) is 4.79 Å². The second-order valence-corrected chi connectivity index (χ2v) is 6.01. The average Bonchev–Trinajstić information content (AvgIpc) is 2.37. The highest BCUT2D eigenvalue weighted by molar-refractivity contribution is 5.76. The summed E-state index contributed by atoms with van der Waals surface area (Å²) in [4.78, 5) is 11.9. The van der Waals surface area contributed by atoms with Crippen molar-refractivity contribution in [1.82, 2.24) is 5.32 Å². The summed E-state index contributed by atoms with van der Waals surface area (Å²) in [7, 11) is 0. The number of hydrogen-bond acceptors (Lipinski definition) is 2. The summed E-state index contributed by atoms with van der Waals surface area (Å²) in [6, 6.07) is 6.19. The van der Waals surface area contributed by atoms with Gasteiger partial charge in [0.15, 0.2) is 0 Å². The van der Waals surface area contributed by atoms with E-state index in [0.29, 0.717) is 18.5 Å². The third-order valence-corrected chi connectivity index (χ3v) is 3.60. The van der Waals surface area contributed by atoms with Gasteiger partial charge in [0.1, 0.15) is 5.82 Å². The van der Waals surface area contributed by atoms with E-state index >= 15 is 0 Å². The highest BCUT2D eigenvalue weighted by atomic mass is 19.1. The minimum Gasteiger partial charge on any atom is -0.349 e. The number of hydrogen-bond donors (Lipinski definition) is 2. The van der Waals surface area contributed by atoms with E-state index in [1.807, 2.05) is 0 Å². The topological polar surface area (TPSA) is 55.1 Å². The van der Waals surface area contributed by atoms with Gasteiger partial charge in [-0.2, -0.15) is 0 Å². The minimum absolute atomic E-state index is 0.0501. The van der Waals surface area contributed by atoms with E-state index < -0.39 is 0 Å². The van der Waals surface area contributed by atoms with Crippen LogP contribution in [-0.4, -0.2) is 12.5 Å². The zero-order valence-corrected chi connectivity index (χ0v) is 12.6. The van der Waals surface area contributed by atoms with Gasteiger partial charge in [-0.05, 0) is 37.8 Å². The maximum Gasteiger partial charge on any atom is 0.220 e. The Balaban J connectivity index is 2.49. The van der Waals surface area contributed by atoms with Gasteiger partial charge in [0.25, 0.3) is 0 Å². The van der Waals surface area contributed by atoms with E-state index in [-0.39, 0.29) is 23.2 Å². The highest BCUT2D eigenvalue weighted by Gasteiger charge is 2.19. The molecule has 0 fully saturated rings. The van der Waals surface area contributed by atoms with Crippen LogP contribution in [0.25, 0.3) is 0 Å². The number of halogens is 1. The lowest BCUT2D eigenvalue weighted by Gasteiger charge is -2.24. The molecule has 0 spiro atoms. The first-order valence-electron chi connectivity index (χ1n) is 7.09. The zero-order chi connectivity index (χ0) is 15.2. The molecule has 1 aromatic rings. The van der Waals surface area contributed by atoms with Crippen LogP contribution in [0.3, 0.4) is 0 Å². The molecule has 0 bridgehead atoms. The van der Waals surface area contributed by atoms with Crippen molar-refractivity contribution in [1.29, 1.82) is 0 Å². The highest BCUT2D eigenvalue weighted by Crippen LogP contribution is 2.26. The van der Waals surface area contributed by atoms with E-state index in [1.54, 1.807) is 25.1 Å². The quantitative estimate of drug-likeness (QED) is 0.806. The number of nitrogens with two attached hydrogens (primary N) is 1. The van der Waals surface area contributed by atoms with Gasteiger partial charge in [0.05, 0.1) is 6.04 Å². The van der Waals surface area contributed by atoms with E-state index in [0.717, 1.165) is 12.8 Å². The molecule has 0 aliphatic carbocycles. The van der Waals surface area contributed by atoms with Crippen LogP contribution in [0, 0.1) is 11.2 Å². The SMILES string of the molecule is CC(NC(=O)CCC(C)(C)CCN)c1ccccc1F. The molecule has 1 amide bonds. The Morgan fingerprint density at radius 3 is 2.60 bits per heavy atom. The lowest BCUT2D eigenvalue weighted by atomic mass is 9.84. The monoisotopic (exact) mass is 280 g/mol. The van der Waals surface area contributed by atoms with Crippen molar-refractivity contribution in [2.45, 2.75) is 46.1 Å². The Labute approximate surface area is 120 Å². The van der Waals surface area contributed by atoms with Crippen molar-refractivity contribution >= 4 is 5.91 Å². The summed E-state index contributed by atoms with van der Waals surface area (Å²) in [5.74, 6) is -0.338. The number of amides is 1. The number of benzene rings is 1. The number of nitrogens with one attached hydrogen (secondary N) is 1. The molecule has 0 aliphatic rings. The fourth-order valence-corrected chi connectivity index (χ4v) is 2.19. The van der Waals surface area contributed by atoms with Crippen LogP contribution in [0.1, 0.15) is 51.6 Å². The third kappa shape index (κ3) is 5.29. The number of rotatable bonds is 7. The van der Waals surface area contributed by atoms with Crippen molar-refractivity contribution in [3.8, 4) is 0 Å². The van der Waals surface area contributed by atoms with Crippen LogP contribution in [-0.2, 0) is 4.79 Å². The summed E-state index contributed by atoms with van der Waals surface area (Å²) >= 11 is 0. The summed E-state index contributed by atoms with van der Waals surface area (Å²) in [5.41, 5.74) is 6.13. The molecule has 20 heavy (non-hydrogen) atoms. The maximum absolute atomic E-state index is 13.6. The molecular weight excluding hydrogens is 255 g/mol. The molecular formula is C16H25FN2O. The van der Waals surface area contributed by atoms with E-state index in [9.17, 15) is 9.18 Å². The largest absolute Gasteiger partial charge is 0.349 e. The molecule has 0 heterocycles. The van der Waals surface area contributed by atoms with Gasteiger partial charge in [-0.1, -0.05) is 32.0 Å². The van der Waals surface area contributed by atoms with Crippen LogP contribution in [0.15, 0.2) is 24.3 Å². The molecule has 3 nitrogen and oxygen atoms in total. The van der Waals surface area contributed by atoms with Gasteiger partial charge in [0.2, 0.25) is 5.91 Å². The summed E-state index contributed by atoms with van der Waals surface area (Å²) in [6.45, 7) is 6.63. The molecule has 1 aromatic carbocycles. The second-order valence-electron chi connectivity index (χ2n) is 6.01. The molecule has 1 rings (SSSR count). The average molecular weight is 280 g/mol. The van der Waals surface area contributed by atoms with E-state index in [4.69, 9.17) is 5.73 Å². The first-order valence-corrected chi connectivity index (χ1v) is 7.09. The molecule has 0 aromatic heterocycles. The molecule has 3 N–H and O–H groups in total. The Hall–Kier alpha value is -1.42. The van der Waals surface area contributed by atoms with Crippen LogP contribution in [0.2, 0.25) is 0 Å². The Kier molecular flexibility index (Phi) is 6.14.